The van der Waals surface area contributed by atoms with Crippen molar-refractivity contribution >= 4 is 33.7 Å². The Morgan fingerprint density at radius 1 is 1.27 bits per heavy atom. The predicted molar refractivity (Wildman–Crippen MR) is 84.1 cm³/mol. The van der Waals surface area contributed by atoms with Crippen molar-refractivity contribution in [2.45, 2.75) is 26.4 Å². The van der Waals surface area contributed by atoms with Crippen LogP contribution < -0.4 is 5.06 Å². The average molecular weight is 299 g/mol. The molecule has 6 nitrogen and oxygen atoms in total. The molecule has 1 amide bonds. The van der Waals surface area contributed by atoms with Crippen molar-refractivity contribution in [1.82, 2.24) is 9.97 Å². The van der Waals surface area contributed by atoms with E-state index in [9.17, 15) is 10.0 Å². The summed E-state index contributed by atoms with van der Waals surface area (Å²) in [5.74, 6) is 0. The van der Waals surface area contributed by atoms with E-state index in [2.05, 4.69) is 9.97 Å². The van der Waals surface area contributed by atoms with Crippen LogP contribution in [-0.2, 0) is 4.74 Å². The van der Waals surface area contributed by atoms with Crippen LogP contribution in [0.5, 0.6) is 0 Å². The fraction of sp³-hybridized carbons (Fsp3) is 0.250. The quantitative estimate of drug-likeness (QED) is 0.528. The Balaban J connectivity index is 1.98. The Labute approximate surface area is 127 Å². The number of aromatic amines is 1. The molecule has 3 rings (SSSR count). The molecule has 1 aromatic carbocycles. The van der Waals surface area contributed by atoms with E-state index in [0.717, 1.165) is 21.9 Å². The number of nitrogens with one attached hydrogen (secondary N) is 1. The minimum absolute atomic E-state index is 0.327. The molecule has 114 valence electrons. The standard InChI is InChI=1S/C16H17N3O3/c1-16(2,3)22-15(20)19(21)10-6-7-11-12-5-4-8-17-14(12)18-13(11)9-10/h4-9,21H,1-3H3,(H,17,18). The molecule has 2 N–H and O–H groups in total. The van der Waals surface area contributed by atoms with Crippen LogP contribution >= 0.6 is 0 Å². The maximum absolute atomic E-state index is 11.9. The van der Waals surface area contributed by atoms with Gasteiger partial charge in [0.1, 0.15) is 11.2 Å². The molecular formula is C16H17N3O3. The van der Waals surface area contributed by atoms with Gasteiger partial charge in [0.2, 0.25) is 0 Å². The van der Waals surface area contributed by atoms with Crippen LogP contribution in [0, 0.1) is 0 Å². The van der Waals surface area contributed by atoms with Crippen molar-refractivity contribution in [3.05, 3.63) is 36.5 Å². The van der Waals surface area contributed by atoms with Gasteiger partial charge in [0.15, 0.2) is 0 Å². The van der Waals surface area contributed by atoms with Gasteiger partial charge in [-0.25, -0.2) is 9.78 Å². The third kappa shape index (κ3) is 2.60. The van der Waals surface area contributed by atoms with E-state index in [0.29, 0.717) is 10.8 Å². The molecule has 0 saturated carbocycles. The summed E-state index contributed by atoms with van der Waals surface area (Å²) in [6, 6.07) is 9.00. The molecule has 0 atom stereocenters. The van der Waals surface area contributed by atoms with Crippen molar-refractivity contribution in [3.63, 3.8) is 0 Å². The molecule has 0 aliphatic rings. The van der Waals surface area contributed by atoms with E-state index < -0.39 is 11.7 Å². The number of nitrogens with zero attached hydrogens (tertiary/aromatic N) is 2. The second-order valence-corrected chi connectivity index (χ2v) is 6.05. The normalized spacial score (nSPS) is 11.8. The van der Waals surface area contributed by atoms with Gasteiger partial charge < -0.3 is 9.72 Å². The zero-order valence-corrected chi connectivity index (χ0v) is 12.6. The number of ether oxygens (including phenoxy) is 1. The summed E-state index contributed by atoms with van der Waals surface area (Å²) in [7, 11) is 0. The number of H-pyrrole nitrogens is 1. The second kappa shape index (κ2) is 4.99. The van der Waals surface area contributed by atoms with Crippen molar-refractivity contribution in [2.24, 2.45) is 0 Å². The topological polar surface area (TPSA) is 78.5 Å². The van der Waals surface area contributed by atoms with Crippen molar-refractivity contribution in [1.29, 1.82) is 0 Å². The highest BCUT2D eigenvalue weighted by Crippen LogP contribution is 2.27. The lowest BCUT2D eigenvalue weighted by Gasteiger charge is -2.23. The highest BCUT2D eigenvalue weighted by molar-refractivity contribution is 6.07. The van der Waals surface area contributed by atoms with Crippen LogP contribution in [0.1, 0.15) is 20.8 Å². The summed E-state index contributed by atoms with van der Waals surface area (Å²) in [6.45, 7) is 5.22. The van der Waals surface area contributed by atoms with E-state index in [1.54, 1.807) is 39.1 Å². The number of amides is 1. The van der Waals surface area contributed by atoms with E-state index in [-0.39, 0.29) is 0 Å². The Morgan fingerprint density at radius 3 is 2.77 bits per heavy atom. The summed E-state index contributed by atoms with van der Waals surface area (Å²) in [5.41, 5.74) is 1.20. The SMILES string of the molecule is CC(C)(C)OC(=O)N(O)c1ccc2c(c1)[nH]c1ncccc12. The summed E-state index contributed by atoms with van der Waals surface area (Å²) in [4.78, 5) is 19.3. The molecule has 0 spiro atoms. The Morgan fingerprint density at radius 2 is 2.05 bits per heavy atom. The van der Waals surface area contributed by atoms with E-state index in [1.807, 2.05) is 18.2 Å². The lowest BCUT2D eigenvalue weighted by molar-refractivity contribution is 0.0407. The van der Waals surface area contributed by atoms with Gasteiger partial charge in [-0.05, 0) is 51.1 Å². The highest BCUT2D eigenvalue weighted by atomic mass is 16.6. The number of rotatable bonds is 1. The first-order valence-electron chi connectivity index (χ1n) is 6.93. The van der Waals surface area contributed by atoms with Crippen molar-refractivity contribution < 1.29 is 14.7 Å². The van der Waals surface area contributed by atoms with E-state index in [1.165, 1.54) is 0 Å². The number of hydrogen-bond donors (Lipinski definition) is 2. The van der Waals surface area contributed by atoms with E-state index >= 15 is 0 Å². The van der Waals surface area contributed by atoms with Crippen LogP contribution in [0.2, 0.25) is 0 Å². The first-order valence-corrected chi connectivity index (χ1v) is 6.93. The summed E-state index contributed by atoms with van der Waals surface area (Å²) in [5, 5.41) is 12.5. The Hall–Kier alpha value is -2.60. The molecule has 22 heavy (non-hydrogen) atoms. The van der Waals surface area contributed by atoms with Gasteiger partial charge >= 0.3 is 6.09 Å². The molecule has 0 radical (unpaired) electrons. The molecule has 0 bridgehead atoms. The van der Waals surface area contributed by atoms with Crippen molar-refractivity contribution in [3.8, 4) is 0 Å². The Bertz CT molecular complexity index is 849. The maximum Gasteiger partial charge on any atom is 0.439 e. The molecule has 2 heterocycles. The third-order valence-corrected chi connectivity index (χ3v) is 3.17. The summed E-state index contributed by atoms with van der Waals surface area (Å²) >= 11 is 0. The predicted octanol–water partition coefficient (Wildman–Crippen LogP) is 3.85. The number of fused-ring (bicyclic) bond motifs is 3. The molecule has 0 unspecified atom stereocenters. The van der Waals surface area contributed by atoms with Gasteiger partial charge in [0.05, 0.1) is 5.69 Å². The summed E-state index contributed by atoms with van der Waals surface area (Å²) in [6.07, 6.45) is 0.888. The van der Waals surface area contributed by atoms with Crippen molar-refractivity contribution in [2.75, 3.05) is 5.06 Å². The second-order valence-electron chi connectivity index (χ2n) is 6.05. The number of hydrogen-bond acceptors (Lipinski definition) is 4. The van der Waals surface area contributed by atoms with Crippen LogP contribution in [0.3, 0.4) is 0 Å². The van der Waals surface area contributed by atoms with Crippen LogP contribution in [0.25, 0.3) is 21.9 Å². The zero-order valence-electron chi connectivity index (χ0n) is 12.6. The highest BCUT2D eigenvalue weighted by Gasteiger charge is 2.22. The molecule has 2 aromatic heterocycles. The lowest BCUT2D eigenvalue weighted by Crippen LogP contribution is -2.34. The number of benzene rings is 1. The van der Waals surface area contributed by atoms with Gasteiger partial charge in [0.25, 0.3) is 0 Å². The molecular weight excluding hydrogens is 282 g/mol. The number of hydroxylamine groups is 1. The largest absolute Gasteiger partial charge is 0.442 e. The third-order valence-electron chi connectivity index (χ3n) is 3.17. The van der Waals surface area contributed by atoms with Crippen LogP contribution in [-0.4, -0.2) is 26.9 Å². The molecule has 0 aliphatic carbocycles. The molecule has 6 heteroatoms. The lowest BCUT2D eigenvalue weighted by atomic mass is 10.2. The van der Waals surface area contributed by atoms with Gasteiger partial charge in [-0.1, -0.05) is 0 Å². The fourth-order valence-electron chi connectivity index (χ4n) is 2.26. The van der Waals surface area contributed by atoms with Gasteiger partial charge in [-0.3, -0.25) is 5.21 Å². The minimum atomic E-state index is -0.818. The van der Waals surface area contributed by atoms with Gasteiger partial charge in [-0.15, -0.1) is 0 Å². The molecule has 0 saturated heterocycles. The number of carbonyl (C=O) groups is 1. The molecule has 0 fully saturated rings. The smallest absolute Gasteiger partial charge is 0.439 e. The monoisotopic (exact) mass is 299 g/mol. The van der Waals surface area contributed by atoms with E-state index in [4.69, 9.17) is 4.74 Å². The minimum Gasteiger partial charge on any atom is -0.442 e. The van der Waals surface area contributed by atoms with Gasteiger partial charge in [-0.2, -0.15) is 5.06 Å². The number of aromatic nitrogens is 2. The number of pyridine rings is 1. The van der Waals surface area contributed by atoms with Crippen LogP contribution in [0.15, 0.2) is 36.5 Å². The first kappa shape index (κ1) is 14.3. The fourth-order valence-corrected chi connectivity index (χ4v) is 2.26. The number of carbonyl (C=O) groups excluding carboxylic acids is 1. The summed E-state index contributed by atoms with van der Waals surface area (Å²) < 4.78 is 5.14. The number of anilines is 1. The zero-order chi connectivity index (χ0) is 15.9. The maximum atomic E-state index is 11.9. The Kier molecular flexibility index (Phi) is 3.26. The molecule has 0 aliphatic heterocycles. The molecule has 3 aromatic rings. The average Bonchev–Trinajstić information content (AvgIpc) is 2.82. The van der Waals surface area contributed by atoms with Crippen LogP contribution in [0.4, 0.5) is 10.5 Å². The first-order chi connectivity index (χ1) is 10.3. The van der Waals surface area contributed by atoms with Gasteiger partial charge in [0, 0.05) is 22.5 Å².